The van der Waals surface area contributed by atoms with Crippen LogP contribution in [0.1, 0.15) is 82.1 Å². The van der Waals surface area contributed by atoms with E-state index in [9.17, 15) is 28.2 Å². The number of rotatable bonds is 7. The highest BCUT2D eigenvalue weighted by molar-refractivity contribution is 7.85. The van der Waals surface area contributed by atoms with Crippen molar-refractivity contribution in [1.29, 1.82) is 0 Å². The van der Waals surface area contributed by atoms with Crippen LogP contribution in [0.15, 0.2) is 18.2 Å². The van der Waals surface area contributed by atoms with Gasteiger partial charge < -0.3 is 20.8 Å². The van der Waals surface area contributed by atoms with E-state index in [-0.39, 0.29) is 29.1 Å². The molecule has 11 heteroatoms. The van der Waals surface area contributed by atoms with Gasteiger partial charge in [0.15, 0.2) is 0 Å². The van der Waals surface area contributed by atoms with Crippen LogP contribution in [0.4, 0.5) is 0 Å². The Morgan fingerprint density at radius 3 is 2.31 bits per heavy atom. The minimum absolute atomic E-state index is 0.0243. The zero-order valence-electron chi connectivity index (χ0n) is 24.1. The van der Waals surface area contributed by atoms with Crippen molar-refractivity contribution in [3.05, 3.63) is 29.3 Å². The van der Waals surface area contributed by atoms with E-state index in [0.717, 1.165) is 13.0 Å². The lowest BCUT2D eigenvalue weighted by molar-refractivity contribution is -0.132. The predicted molar refractivity (Wildman–Crippen MR) is 151 cm³/mol. The smallest absolute Gasteiger partial charge is 0.261 e. The number of amides is 2. The van der Waals surface area contributed by atoms with Crippen molar-refractivity contribution in [3.8, 4) is 5.75 Å². The number of carbonyl (C=O) groups is 2. The number of β-amino-alcohol motifs (C(OH)–C–C–N with tert-alkyl or cyclic N) is 1. The molecule has 1 aliphatic heterocycles. The van der Waals surface area contributed by atoms with E-state index in [0.29, 0.717) is 42.2 Å². The average Bonchev–Trinajstić information content (AvgIpc) is 2.81. The maximum Gasteiger partial charge on any atom is 0.261 e. The van der Waals surface area contributed by atoms with Crippen molar-refractivity contribution in [2.75, 3.05) is 19.3 Å². The highest BCUT2D eigenvalue weighted by Gasteiger charge is 2.41. The molecule has 0 aromatic heterocycles. The number of carbonyl (C=O) groups excluding carboxylic acids is 2. The van der Waals surface area contributed by atoms with E-state index < -0.39 is 22.3 Å². The molecule has 1 aliphatic carbocycles. The topological polar surface area (TPSA) is 156 Å². The molecule has 5 atom stereocenters. The number of hydrogen-bond acceptors (Lipinski definition) is 7. The number of nitrogens with zero attached hydrogens (tertiary/aromatic N) is 1. The number of aromatic hydroxyl groups is 1. The maximum absolute atomic E-state index is 13.2. The Hall–Kier alpha value is -2.21. The molecular weight excluding hydrogens is 522 g/mol. The van der Waals surface area contributed by atoms with E-state index in [1.165, 1.54) is 25.7 Å². The van der Waals surface area contributed by atoms with Crippen LogP contribution in [0.5, 0.6) is 5.75 Å². The number of likely N-dealkylation sites (tertiary alicyclic amines) is 1. The molecule has 3 rings (SSSR count). The number of aliphatic hydroxyl groups excluding tert-OH is 1. The zero-order valence-corrected chi connectivity index (χ0v) is 24.9. The average molecular weight is 570 g/mol. The first kappa shape index (κ1) is 33.0. The van der Waals surface area contributed by atoms with Crippen LogP contribution in [0.3, 0.4) is 0 Å². The van der Waals surface area contributed by atoms with Gasteiger partial charge in [0.1, 0.15) is 5.75 Å². The van der Waals surface area contributed by atoms with E-state index in [1.807, 2.05) is 27.7 Å². The number of hydrogen-bond donors (Lipinski definition) is 5. The van der Waals surface area contributed by atoms with Crippen LogP contribution in [-0.4, -0.2) is 83.0 Å². The Kier molecular flexibility index (Phi) is 11.8. The van der Waals surface area contributed by atoms with Crippen LogP contribution in [0.2, 0.25) is 0 Å². The lowest BCUT2D eigenvalue weighted by atomic mass is 9.72. The number of phenols is 1. The molecule has 0 unspecified atom stereocenters. The second kappa shape index (κ2) is 13.9. The van der Waals surface area contributed by atoms with E-state index in [2.05, 4.69) is 15.5 Å². The second-order valence-corrected chi connectivity index (χ2v) is 13.5. The Labute approximate surface area is 233 Å². The molecule has 39 heavy (non-hydrogen) atoms. The van der Waals surface area contributed by atoms with Gasteiger partial charge in [-0.1, -0.05) is 32.3 Å². The molecule has 1 aromatic carbocycles. The van der Waals surface area contributed by atoms with Gasteiger partial charge >= 0.3 is 0 Å². The number of fused-ring (bicyclic) bond motifs is 1. The van der Waals surface area contributed by atoms with Gasteiger partial charge in [0.05, 0.1) is 24.4 Å². The van der Waals surface area contributed by atoms with E-state index in [1.54, 1.807) is 25.1 Å². The fraction of sp³-hybridized carbons (Fsp3) is 0.714. The molecule has 10 nitrogen and oxygen atoms in total. The summed E-state index contributed by atoms with van der Waals surface area (Å²) in [7, 11) is -3.67. The van der Waals surface area contributed by atoms with E-state index in [4.69, 9.17) is 4.55 Å². The third kappa shape index (κ3) is 10.7. The van der Waals surface area contributed by atoms with Crippen LogP contribution in [0.25, 0.3) is 0 Å². The summed E-state index contributed by atoms with van der Waals surface area (Å²) in [5.74, 6) is 0.908. The standard InChI is InChI=1S/C27H43N3O4.CH4O3S/c1-6-21(28-25(33)20-12-9-13-23(31)17(20)2)24(32)16-30-15-19-11-8-7-10-18(19)14-22(30)26(34)29-27(3,4)5;1-5(2,3)4/h9,12-13,18-19,21-22,24,31-32H,6-8,10-11,14-16H2,1-5H3,(H,28,33)(H,29,34);1H3,(H,2,3,4)/t18-,19+,21-,22-,24+;/m0./s1. The summed E-state index contributed by atoms with van der Waals surface area (Å²) in [6.07, 6.45) is 6.11. The highest BCUT2D eigenvalue weighted by atomic mass is 32.2. The molecule has 222 valence electrons. The van der Waals surface area contributed by atoms with Gasteiger partial charge in [-0.25, -0.2) is 0 Å². The monoisotopic (exact) mass is 569 g/mol. The number of phenolic OH excluding ortho intramolecular Hbond substituents is 1. The summed E-state index contributed by atoms with van der Waals surface area (Å²) in [6, 6.07) is 4.14. The highest BCUT2D eigenvalue weighted by Crippen LogP contribution is 2.39. The van der Waals surface area contributed by atoms with Crippen molar-refractivity contribution < 1.29 is 32.8 Å². The van der Waals surface area contributed by atoms with Gasteiger partial charge in [0.25, 0.3) is 16.0 Å². The van der Waals surface area contributed by atoms with Crippen LogP contribution in [-0.2, 0) is 14.9 Å². The fourth-order valence-electron chi connectivity index (χ4n) is 5.58. The first-order valence-corrected chi connectivity index (χ1v) is 15.6. The van der Waals surface area contributed by atoms with Crippen molar-refractivity contribution in [1.82, 2.24) is 15.5 Å². The first-order chi connectivity index (χ1) is 18.0. The molecule has 0 spiro atoms. The van der Waals surface area contributed by atoms with Crippen LogP contribution < -0.4 is 10.6 Å². The van der Waals surface area contributed by atoms with Crippen molar-refractivity contribution in [3.63, 3.8) is 0 Å². The summed E-state index contributed by atoms with van der Waals surface area (Å²) in [5.41, 5.74) is 0.600. The predicted octanol–water partition coefficient (Wildman–Crippen LogP) is 2.87. The third-order valence-corrected chi connectivity index (χ3v) is 7.50. The summed E-state index contributed by atoms with van der Waals surface area (Å²) < 4.78 is 25.9. The summed E-state index contributed by atoms with van der Waals surface area (Å²) in [5, 5.41) is 27.2. The Morgan fingerprint density at radius 1 is 1.15 bits per heavy atom. The molecule has 1 saturated carbocycles. The molecule has 5 N–H and O–H groups in total. The zero-order chi connectivity index (χ0) is 29.5. The number of nitrogens with one attached hydrogen (secondary N) is 2. The SMILES string of the molecule is CC[C@H](NC(=O)c1cccc(O)c1C)[C@H](O)CN1C[C@H]2CCCC[C@H]2C[C@H]1C(=O)NC(C)(C)C.CS(=O)(=O)O. The molecule has 2 aliphatic rings. The number of aliphatic hydroxyl groups is 1. The first-order valence-electron chi connectivity index (χ1n) is 13.8. The third-order valence-electron chi connectivity index (χ3n) is 7.50. The minimum Gasteiger partial charge on any atom is -0.508 e. The van der Waals surface area contributed by atoms with Gasteiger partial charge in [-0.3, -0.25) is 19.0 Å². The molecule has 0 bridgehead atoms. The van der Waals surface area contributed by atoms with Crippen molar-refractivity contribution >= 4 is 21.9 Å². The van der Waals surface area contributed by atoms with Crippen molar-refractivity contribution in [2.24, 2.45) is 11.8 Å². The second-order valence-electron chi connectivity index (χ2n) is 12.0. The Balaban J connectivity index is 0.000000976. The number of piperidine rings is 1. The number of benzene rings is 1. The fourth-order valence-corrected chi connectivity index (χ4v) is 5.58. The van der Waals surface area contributed by atoms with Gasteiger partial charge in [-0.15, -0.1) is 0 Å². The molecule has 0 radical (unpaired) electrons. The normalized spacial score (nSPS) is 23.4. The van der Waals surface area contributed by atoms with Gasteiger partial charge in [-0.2, -0.15) is 8.42 Å². The van der Waals surface area contributed by atoms with E-state index >= 15 is 0 Å². The summed E-state index contributed by atoms with van der Waals surface area (Å²) in [6.45, 7) is 10.7. The Bertz CT molecular complexity index is 1080. The van der Waals surface area contributed by atoms with Crippen LogP contribution >= 0.6 is 0 Å². The van der Waals surface area contributed by atoms with Crippen molar-refractivity contribution in [2.45, 2.75) is 96.9 Å². The molecule has 1 saturated heterocycles. The lowest BCUT2D eigenvalue weighted by Gasteiger charge is -2.47. The van der Waals surface area contributed by atoms with Gasteiger partial charge in [-0.05, 0) is 70.9 Å². The lowest BCUT2D eigenvalue weighted by Crippen LogP contribution is -2.60. The largest absolute Gasteiger partial charge is 0.508 e. The minimum atomic E-state index is -3.67. The molecule has 1 heterocycles. The maximum atomic E-state index is 13.2. The van der Waals surface area contributed by atoms with Gasteiger partial charge in [0.2, 0.25) is 5.91 Å². The molecule has 2 amide bonds. The van der Waals surface area contributed by atoms with Crippen LogP contribution in [0, 0.1) is 18.8 Å². The summed E-state index contributed by atoms with van der Waals surface area (Å²) >= 11 is 0. The molecule has 1 aromatic rings. The Morgan fingerprint density at radius 2 is 1.74 bits per heavy atom. The molecule has 2 fully saturated rings. The van der Waals surface area contributed by atoms with Gasteiger partial charge in [0, 0.05) is 29.8 Å². The summed E-state index contributed by atoms with van der Waals surface area (Å²) in [4.78, 5) is 28.3. The quantitative estimate of drug-likeness (QED) is 0.314. The molecular formula is C28H47N3O7S.